The lowest BCUT2D eigenvalue weighted by molar-refractivity contribution is 0.0696. The van der Waals surface area contributed by atoms with Crippen molar-refractivity contribution in [3.63, 3.8) is 0 Å². The largest absolute Gasteiger partial charge is 0.478 e. The number of nitrogens with two attached hydrogens (primary N) is 1. The predicted octanol–water partition coefficient (Wildman–Crippen LogP) is 1.73. The van der Waals surface area contributed by atoms with Gasteiger partial charge in [0.2, 0.25) is 10.0 Å². The normalized spacial score (nSPS) is 16.4. The highest BCUT2D eigenvalue weighted by molar-refractivity contribution is 7.89. The van der Waals surface area contributed by atoms with Crippen LogP contribution in [0.25, 0.3) is 0 Å². The van der Waals surface area contributed by atoms with Gasteiger partial charge >= 0.3 is 5.97 Å². The first-order valence-electron chi connectivity index (χ1n) is 7.54. The summed E-state index contributed by atoms with van der Waals surface area (Å²) in [6, 6.07) is 13.5. The number of rotatable bonds is 4. The van der Waals surface area contributed by atoms with Crippen molar-refractivity contribution < 1.29 is 18.3 Å². The fourth-order valence-electron chi connectivity index (χ4n) is 2.87. The molecule has 1 heterocycles. The van der Waals surface area contributed by atoms with Crippen LogP contribution < -0.4 is 5.73 Å². The third-order valence-electron chi connectivity index (χ3n) is 4.24. The summed E-state index contributed by atoms with van der Waals surface area (Å²) in [5.41, 5.74) is 8.37. The predicted molar refractivity (Wildman–Crippen MR) is 89.8 cm³/mol. The van der Waals surface area contributed by atoms with Crippen molar-refractivity contribution in [2.45, 2.75) is 18.3 Å². The fraction of sp³-hybridized carbons (Fsp3) is 0.235. The molecule has 3 N–H and O–H groups in total. The van der Waals surface area contributed by atoms with E-state index in [0.717, 1.165) is 11.1 Å². The van der Waals surface area contributed by atoms with Gasteiger partial charge in [-0.25, -0.2) is 13.2 Å². The molecular formula is C17H18N2O4S. The number of fused-ring (bicyclic) bond motifs is 1. The van der Waals surface area contributed by atoms with E-state index in [2.05, 4.69) is 0 Å². The number of hydrogen-bond donors (Lipinski definition) is 2. The molecule has 0 radical (unpaired) electrons. The molecule has 126 valence electrons. The van der Waals surface area contributed by atoms with E-state index in [9.17, 15) is 13.2 Å². The molecule has 1 unspecified atom stereocenters. The molecule has 6 nitrogen and oxygen atoms in total. The van der Waals surface area contributed by atoms with Crippen LogP contribution in [0, 0.1) is 0 Å². The van der Waals surface area contributed by atoms with Crippen molar-refractivity contribution in [3.05, 3.63) is 70.8 Å². The summed E-state index contributed by atoms with van der Waals surface area (Å²) < 4.78 is 27.0. The Labute approximate surface area is 140 Å². The van der Waals surface area contributed by atoms with E-state index in [-0.39, 0.29) is 17.7 Å². The van der Waals surface area contributed by atoms with E-state index in [1.54, 1.807) is 0 Å². The second-order valence-electron chi connectivity index (χ2n) is 5.75. The smallest absolute Gasteiger partial charge is 0.335 e. The van der Waals surface area contributed by atoms with Crippen LogP contribution in [-0.2, 0) is 23.0 Å². The monoisotopic (exact) mass is 346 g/mol. The number of hydrogen-bond acceptors (Lipinski definition) is 4. The van der Waals surface area contributed by atoms with E-state index >= 15 is 0 Å². The first-order valence-corrected chi connectivity index (χ1v) is 9.04. The Balaban J connectivity index is 1.88. The number of carbonyl (C=O) groups is 1. The number of sulfonamides is 1. The number of carboxylic acid groups (broad SMARTS) is 1. The molecule has 0 saturated heterocycles. The molecule has 1 aliphatic heterocycles. The lowest BCUT2D eigenvalue weighted by atomic mass is 10.0. The summed E-state index contributed by atoms with van der Waals surface area (Å²) in [5, 5.41) is 7.76. The van der Waals surface area contributed by atoms with Crippen molar-refractivity contribution in [2.24, 2.45) is 5.73 Å². The van der Waals surface area contributed by atoms with Crippen LogP contribution in [0.5, 0.6) is 0 Å². The van der Waals surface area contributed by atoms with Crippen LogP contribution >= 0.6 is 0 Å². The van der Waals surface area contributed by atoms with Gasteiger partial charge in [-0.2, -0.15) is 4.31 Å². The zero-order valence-electron chi connectivity index (χ0n) is 12.9. The Morgan fingerprint density at radius 2 is 1.83 bits per heavy atom. The van der Waals surface area contributed by atoms with E-state index in [1.165, 1.54) is 28.6 Å². The van der Waals surface area contributed by atoms with Crippen molar-refractivity contribution in [3.8, 4) is 0 Å². The summed E-state index contributed by atoms with van der Waals surface area (Å²) >= 11 is 0. The molecule has 3 rings (SSSR count). The molecule has 0 aromatic heterocycles. The summed E-state index contributed by atoms with van der Waals surface area (Å²) in [6.07, 6.45) is 0.636. The third-order valence-corrected chi connectivity index (χ3v) is 6.18. The minimum absolute atomic E-state index is 0.0159. The highest BCUT2D eigenvalue weighted by atomic mass is 32.2. The Bertz CT molecular complexity index is 880. The maximum Gasteiger partial charge on any atom is 0.335 e. The molecule has 0 aliphatic carbocycles. The number of carboxylic acids is 1. The summed E-state index contributed by atoms with van der Waals surface area (Å²) in [4.78, 5) is 11.1. The van der Waals surface area contributed by atoms with Gasteiger partial charge in [0.05, 0.1) is 5.56 Å². The van der Waals surface area contributed by atoms with Gasteiger partial charge in [-0.1, -0.05) is 36.4 Å². The van der Waals surface area contributed by atoms with Gasteiger partial charge in [0.15, 0.2) is 0 Å². The van der Waals surface area contributed by atoms with Crippen molar-refractivity contribution in [1.82, 2.24) is 4.31 Å². The highest BCUT2D eigenvalue weighted by Gasteiger charge is 2.33. The van der Waals surface area contributed by atoms with Gasteiger partial charge in [-0.3, -0.25) is 0 Å². The Morgan fingerprint density at radius 3 is 2.54 bits per heavy atom. The minimum atomic E-state index is -3.78. The van der Waals surface area contributed by atoms with Gasteiger partial charge < -0.3 is 10.8 Å². The zero-order chi connectivity index (χ0) is 17.3. The molecule has 1 aliphatic rings. The number of nitrogens with zero attached hydrogens (tertiary/aromatic N) is 1. The molecule has 7 heteroatoms. The Morgan fingerprint density at radius 1 is 1.12 bits per heavy atom. The quantitative estimate of drug-likeness (QED) is 0.878. The maximum absolute atomic E-state index is 12.8. The second-order valence-corrected chi connectivity index (χ2v) is 7.80. The van der Waals surface area contributed by atoms with E-state index in [0.29, 0.717) is 13.0 Å². The summed E-state index contributed by atoms with van der Waals surface area (Å²) in [6.45, 7) is 0.649. The van der Waals surface area contributed by atoms with Crippen LogP contribution in [0.3, 0.4) is 0 Å². The first-order chi connectivity index (χ1) is 11.4. The fourth-order valence-corrected chi connectivity index (χ4v) is 4.34. The molecule has 0 spiro atoms. The average Bonchev–Trinajstić information content (AvgIpc) is 2.60. The standard InChI is InChI=1S/C17H18N2O4S/c18-16(13-6-3-7-14(10-13)17(20)21)24(22,23)19-9-8-12-4-1-2-5-15(12)11-19/h1-7,10,16H,8-9,11,18H2,(H,20,21). The molecule has 1 atom stereocenters. The molecule has 0 fully saturated rings. The van der Waals surface area contributed by atoms with Gasteiger partial charge in [0.25, 0.3) is 0 Å². The third kappa shape index (κ3) is 3.06. The topological polar surface area (TPSA) is 101 Å². The second kappa shape index (κ2) is 6.35. The minimum Gasteiger partial charge on any atom is -0.478 e. The van der Waals surface area contributed by atoms with Gasteiger partial charge in [-0.15, -0.1) is 0 Å². The zero-order valence-corrected chi connectivity index (χ0v) is 13.7. The lowest BCUT2D eigenvalue weighted by Crippen LogP contribution is -2.41. The Kier molecular flexibility index (Phi) is 4.40. The number of benzene rings is 2. The molecule has 0 amide bonds. The van der Waals surface area contributed by atoms with E-state index in [1.807, 2.05) is 24.3 Å². The molecule has 2 aromatic rings. The van der Waals surface area contributed by atoms with Crippen molar-refractivity contribution in [1.29, 1.82) is 0 Å². The molecular weight excluding hydrogens is 328 g/mol. The molecule has 0 bridgehead atoms. The van der Waals surface area contributed by atoms with E-state index in [4.69, 9.17) is 10.8 Å². The SMILES string of the molecule is NC(c1cccc(C(=O)O)c1)S(=O)(=O)N1CCc2ccccc2C1. The average molecular weight is 346 g/mol. The van der Waals surface area contributed by atoms with Crippen LogP contribution in [0.1, 0.15) is 32.4 Å². The van der Waals surface area contributed by atoms with Crippen LogP contribution in [0.15, 0.2) is 48.5 Å². The molecule has 0 saturated carbocycles. The first kappa shape index (κ1) is 16.6. The van der Waals surface area contributed by atoms with Crippen LogP contribution in [0.2, 0.25) is 0 Å². The van der Waals surface area contributed by atoms with Gasteiger partial charge in [-0.05, 0) is 35.2 Å². The highest BCUT2D eigenvalue weighted by Crippen LogP contribution is 2.27. The van der Waals surface area contributed by atoms with Crippen LogP contribution in [0.4, 0.5) is 0 Å². The van der Waals surface area contributed by atoms with Crippen LogP contribution in [-0.4, -0.2) is 30.3 Å². The summed E-state index contributed by atoms with van der Waals surface area (Å²) in [7, 11) is -3.78. The molecule has 2 aromatic carbocycles. The van der Waals surface area contributed by atoms with E-state index < -0.39 is 21.4 Å². The Hall–Kier alpha value is -2.22. The number of aromatic carboxylic acids is 1. The maximum atomic E-state index is 12.8. The van der Waals surface area contributed by atoms with Gasteiger partial charge in [0.1, 0.15) is 5.37 Å². The lowest BCUT2D eigenvalue weighted by Gasteiger charge is -2.30. The molecule has 24 heavy (non-hydrogen) atoms. The van der Waals surface area contributed by atoms with Crippen molar-refractivity contribution >= 4 is 16.0 Å². The van der Waals surface area contributed by atoms with Crippen molar-refractivity contribution in [2.75, 3.05) is 6.54 Å². The van der Waals surface area contributed by atoms with Gasteiger partial charge in [0, 0.05) is 13.1 Å². The summed E-state index contributed by atoms with van der Waals surface area (Å²) in [5.74, 6) is -1.12.